The Morgan fingerprint density at radius 1 is 1.33 bits per heavy atom. The van der Waals surface area contributed by atoms with Gasteiger partial charge in [-0.1, -0.05) is 0 Å². The first-order chi connectivity index (χ1) is 5.54. The Morgan fingerprint density at radius 2 is 1.92 bits per heavy atom. The number of carbonyl (C=O) groups excluding carboxylic acids is 1. The van der Waals surface area contributed by atoms with E-state index >= 15 is 0 Å². The fourth-order valence-corrected chi connectivity index (χ4v) is 0.859. The van der Waals surface area contributed by atoms with Crippen molar-refractivity contribution in [2.75, 3.05) is 11.5 Å². The number of anilines is 2. The minimum absolute atomic E-state index is 0.109. The summed E-state index contributed by atoms with van der Waals surface area (Å²) in [7, 11) is 0. The number of hydrogen-bond acceptors (Lipinski definition) is 3. The molecule has 0 aliphatic carbocycles. The number of benzene rings is 1. The number of nitrogen functional groups attached to an aromatic ring is 2. The molecule has 0 aromatic heterocycles. The van der Waals surface area contributed by atoms with Crippen LogP contribution in [0.5, 0.6) is 0 Å². The molecule has 0 aliphatic rings. The Labute approximate surface area is 68.1 Å². The van der Waals surface area contributed by atoms with Gasteiger partial charge in [0.1, 0.15) is 5.82 Å². The van der Waals surface area contributed by atoms with Crippen LogP contribution >= 0.6 is 0 Å². The number of carbonyl (C=O) groups is 1. The fraction of sp³-hybridized carbons (Fsp3) is 0. The molecule has 0 saturated carbocycles. The molecule has 0 heterocycles. The Balaban J connectivity index is 3.43. The Hall–Kier alpha value is -1.78. The van der Waals surface area contributed by atoms with Gasteiger partial charge in [-0.15, -0.1) is 0 Å². The molecule has 0 unspecified atom stereocenters. The fourth-order valence-electron chi connectivity index (χ4n) is 0.859. The van der Waals surface area contributed by atoms with Gasteiger partial charge in [0.05, 0.1) is 16.9 Å². The summed E-state index contributed by atoms with van der Waals surface area (Å²) in [5.74, 6) is -1.67. The van der Waals surface area contributed by atoms with Crippen LogP contribution in [0.3, 0.4) is 0 Å². The predicted molar refractivity (Wildman–Crippen MR) is 43.7 cm³/mol. The first-order valence-electron chi connectivity index (χ1n) is 3.17. The number of primary amides is 1. The van der Waals surface area contributed by atoms with Crippen LogP contribution in [-0.2, 0) is 0 Å². The van der Waals surface area contributed by atoms with Crippen molar-refractivity contribution in [3.8, 4) is 0 Å². The van der Waals surface area contributed by atoms with E-state index in [1.807, 2.05) is 0 Å². The van der Waals surface area contributed by atoms with Crippen molar-refractivity contribution in [2.24, 2.45) is 5.73 Å². The highest BCUT2D eigenvalue weighted by atomic mass is 19.1. The molecule has 0 spiro atoms. The van der Waals surface area contributed by atoms with Crippen LogP contribution in [0, 0.1) is 5.82 Å². The van der Waals surface area contributed by atoms with Gasteiger partial charge in [-0.3, -0.25) is 4.79 Å². The van der Waals surface area contributed by atoms with Gasteiger partial charge < -0.3 is 17.2 Å². The third-order valence-electron chi connectivity index (χ3n) is 1.47. The molecule has 0 fully saturated rings. The van der Waals surface area contributed by atoms with Gasteiger partial charge in [-0.05, 0) is 12.1 Å². The van der Waals surface area contributed by atoms with E-state index in [4.69, 9.17) is 17.2 Å². The van der Waals surface area contributed by atoms with Crippen LogP contribution < -0.4 is 17.2 Å². The van der Waals surface area contributed by atoms with Gasteiger partial charge in [0.2, 0.25) is 0 Å². The minimum Gasteiger partial charge on any atom is -0.397 e. The molecule has 1 aromatic carbocycles. The second-order valence-electron chi connectivity index (χ2n) is 2.29. The molecule has 0 atom stereocenters. The highest BCUT2D eigenvalue weighted by molar-refractivity contribution is 6.00. The first kappa shape index (κ1) is 8.32. The maximum atomic E-state index is 12.8. The minimum atomic E-state index is -0.919. The van der Waals surface area contributed by atoms with E-state index in [9.17, 15) is 9.18 Å². The van der Waals surface area contributed by atoms with Crippen LogP contribution in [-0.4, -0.2) is 5.91 Å². The molecule has 0 saturated heterocycles. The highest BCUT2D eigenvalue weighted by Crippen LogP contribution is 2.21. The van der Waals surface area contributed by atoms with E-state index in [1.54, 1.807) is 0 Å². The SMILES string of the molecule is NC(=O)c1c(F)ccc(N)c1N. The highest BCUT2D eigenvalue weighted by Gasteiger charge is 2.13. The molecule has 0 radical (unpaired) electrons. The number of hydrogen-bond donors (Lipinski definition) is 3. The van der Waals surface area contributed by atoms with Gasteiger partial charge in [-0.2, -0.15) is 0 Å². The van der Waals surface area contributed by atoms with Crippen molar-refractivity contribution in [2.45, 2.75) is 0 Å². The summed E-state index contributed by atoms with van der Waals surface area (Å²) in [5, 5.41) is 0. The molecule has 1 aromatic rings. The largest absolute Gasteiger partial charge is 0.397 e. The molecular weight excluding hydrogens is 161 g/mol. The molecule has 64 valence electrons. The van der Waals surface area contributed by atoms with Gasteiger partial charge in [0.15, 0.2) is 0 Å². The molecule has 6 N–H and O–H groups in total. The molecule has 1 rings (SSSR count). The molecule has 4 nitrogen and oxygen atoms in total. The maximum absolute atomic E-state index is 12.8. The molecule has 1 amide bonds. The van der Waals surface area contributed by atoms with Crippen LogP contribution in [0.4, 0.5) is 15.8 Å². The Bertz CT molecular complexity index is 338. The van der Waals surface area contributed by atoms with Crippen LogP contribution in [0.15, 0.2) is 12.1 Å². The van der Waals surface area contributed by atoms with E-state index in [0.717, 1.165) is 6.07 Å². The van der Waals surface area contributed by atoms with E-state index in [2.05, 4.69) is 0 Å². The van der Waals surface area contributed by atoms with Crippen LogP contribution in [0.25, 0.3) is 0 Å². The molecule has 12 heavy (non-hydrogen) atoms. The summed E-state index contributed by atoms with van der Waals surface area (Å²) in [5.41, 5.74) is 15.2. The van der Waals surface area contributed by atoms with Crippen LogP contribution in [0.1, 0.15) is 10.4 Å². The van der Waals surface area contributed by atoms with Gasteiger partial charge in [0.25, 0.3) is 5.91 Å². The molecule has 0 aliphatic heterocycles. The number of halogens is 1. The van der Waals surface area contributed by atoms with Gasteiger partial charge in [0, 0.05) is 0 Å². The average Bonchev–Trinajstić information content (AvgIpc) is 1.97. The lowest BCUT2D eigenvalue weighted by atomic mass is 10.1. The third-order valence-corrected chi connectivity index (χ3v) is 1.47. The van der Waals surface area contributed by atoms with E-state index in [0.29, 0.717) is 0 Å². The number of nitrogens with two attached hydrogens (primary N) is 3. The van der Waals surface area contributed by atoms with Crippen molar-refractivity contribution in [1.29, 1.82) is 0 Å². The van der Waals surface area contributed by atoms with Gasteiger partial charge >= 0.3 is 0 Å². The molecule has 5 heteroatoms. The summed E-state index contributed by atoms with van der Waals surface area (Å²) in [4.78, 5) is 10.6. The lowest BCUT2D eigenvalue weighted by molar-refractivity contribution is 0.0997. The first-order valence-corrected chi connectivity index (χ1v) is 3.17. The monoisotopic (exact) mass is 169 g/mol. The second kappa shape index (κ2) is 2.69. The quantitative estimate of drug-likeness (QED) is 0.520. The Morgan fingerprint density at radius 3 is 2.33 bits per heavy atom. The smallest absolute Gasteiger partial charge is 0.253 e. The summed E-state index contributed by atoms with van der Waals surface area (Å²) in [6.45, 7) is 0. The van der Waals surface area contributed by atoms with Crippen molar-refractivity contribution in [3.63, 3.8) is 0 Å². The zero-order valence-corrected chi connectivity index (χ0v) is 6.17. The topological polar surface area (TPSA) is 95.1 Å². The van der Waals surface area contributed by atoms with Gasteiger partial charge in [-0.25, -0.2) is 4.39 Å². The van der Waals surface area contributed by atoms with Crippen molar-refractivity contribution in [3.05, 3.63) is 23.5 Å². The number of rotatable bonds is 1. The lowest BCUT2D eigenvalue weighted by Crippen LogP contribution is -2.16. The lowest BCUT2D eigenvalue weighted by Gasteiger charge is -2.04. The van der Waals surface area contributed by atoms with E-state index in [-0.39, 0.29) is 16.9 Å². The summed E-state index contributed by atoms with van der Waals surface area (Å²) >= 11 is 0. The third kappa shape index (κ3) is 1.16. The Kier molecular flexibility index (Phi) is 1.86. The zero-order valence-electron chi connectivity index (χ0n) is 6.17. The summed E-state index contributed by atoms with van der Waals surface area (Å²) in [6, 6.07) is 2.32. The van der Waals surface area contributed by atoms with Crippen molar-refractivity contribution >= 4 is 17.3 Å². The average molecular weight is 169 g/mol. The zero-order chi connectivity index (χ0) is 9.30. The second-order valence-corrected chi connectivity index (χ2v) is 2.29. The van der Waals surface area contributed by atoms with Crippen LogP contribution in [0.2, 0.25) is 0 Å². The summed E-state index contributed by atoms with van der Waals surface area (Å²) < 4.78 is 12.8. The van der Waals surface area contributed by atoms with E-state index in [1.165, 1.54) is 6.07 Å². The van der Waals surface area contributed by atoms with Crippen molar-refractivity contribution in [1.82, 2.24) is 0 Å². The molecular formula is C7H8FN3O. The maximum Gasteiger partial charge on any atom is 0.253 e. The summed E-state index contributed by atoms with van der Waals surface area (Å²) in [6.07, 6.45) is 0. The van der Waals surface area contributed by atoms with E-state index < -0.39 is 11.7 Å². The standard InChI is InChI=1S/C7H8FN3O/c8-3-1-2-4(9)6(10)5(3)7(11)12/h1-2H,9-10H2,(H2,11,12). The number of amides is 1. The molecule has 0 bridgehead atoms. The normalized spacial score (nSPS) is 9.75. The van der Waals surface area contributed by atoms with Crippen molar-refractivity contribution < 1.29 is 9.18 Å². The predicted octanol–water partition coefficient (Wildman–Crippen LogP) is 0.0890.